The lowest BCUT2D eigenvalue weighted by Crippen LogP contribution is -2.39. The Kier molecular flexibility index (Phi) is 6.62. The van der Waals surface area contributed by atoms with E-state index in [0.29, 0.717) is 19.0 Å². The van der Waals surface area contributed by atoms with Gasteiger partial charge in [-0.15, -0.1) is 0 Å². The number of imidazole rings is 1. The maximum atomic E-state index is 13.3. The molecule has 2 heterocycles. The van der Waals surface area contributed by atoms with E-state index in [9.17, 15) is 18.0 Å². The Bertz CT molecular complexity index is 827. The van der Waals surface area contributed by atoms with Gasteiger partial charge in [-0.2, -0.15) is 13.2 Å². The van der Waals surface area contributed by atoms with Crippen LogP contribution < -0.4 is 0 Å². The summed E-state index contributed by atoms with van der Waals surface area (Å²) in [5, 5.41) is 0. The first-order valence-corrected chi connectivity index (χ1v) is 9.81. The molecule has 1 aliphatic rings. The van der Waals surface area contributed by atoms with Gasteiger partial charge >= 0.3 is 6.18 Å². The number of aromatic nitrogens is 2. The Labute approximate surface area is 168 Å². The minimum atomic E-state index is -4.42. The molecule has 3 rings (SSSR count). The number of hydrogen-bond donors (Lipinski definition) is 0. The average molecular weight is 409 g/mol. The van der Waals surface area contributed by atoms with Gasteiger partial charge in [-0.3, -0.25) is 4.79 Å². The Balaban J connectivity index is 1.80. The highest BCUT2D eigenvalue weighted by Crippen LogP contribution is 2.32. The number of ether oxygens (including phenoxy) is 1. The molecule has 1 aromatic carbocycles. The highest BCUT2D eigenvalue weighted by Gasteiger charge is 2.33. The number of alkyl halides is 3. The van der Waals surface area contributed by atoms with Crippen LogP contribution in [0.1, 0.15) is 43.6 Å². The minimum absolute atomic E-state index is 0.00734. The van der Waals surface area contributed by atoms with Crippen molar-refractivity contribution in [2.24, 2.45) is 5.92 Å². The van der Waals surface area contributed by atoms with Gasteiger partial charge in [0, 0.05) is 38.0 Å². The lowest BCUT2D eigenvalue weighted by molar-refractivity contribution is -0.138. The molecular weight excluding hydrogens is 383 g/mol. The summed E-state index contributed by atoms with van der Waals surface area (Å²) in [6.45, 7) is 5.08. The van der Waals surface area contributed by atoms with Crippen molar-refractivity contribution in [2.75, 3.05) is 13.2 Å². The van der Waals surface area contributed by atoms with Crippen LogP contribution in [0, 0.1) is 5.92 Å². The van der Waals surface area contributed by atoms with E-state index in [-0.39, 0.29) is 36.6 Å². The lowest BCUT2D eigenvalue weighted by Gasteiger charge is -2.27. The number of nitrogens with zero attached hydrogens (tertiary/aromatic N) is 3. The van der Waals surface area contributed by atoms with Crippen LogP contribution in [0.25, 0.3) is 0 Å². The first-order valence-electron chi connectivity index (χ1n) is 9.81. The lowest BCUT2D eigenvalue weighted by atomic mass is 10.1. The topological polar surface area (TPSA) is 47.4 Å². The van der Waals surface area contributed by atoms with Gasteiger partial charge in [-0.1, -0.05) is 32.0 Å². The summed E-state index contributed by atoms with van der Waals surface area (Å²) in [4.78, 5) is 18.7. The molecule has 0 bridgehead atoms. The first-order chi connectivity index (χ1) is 13.8. The second-order valence-electron chi connectivity index (χ2n) is 7.63. The third-order valence-electron chi connectivity index (χ3n) is 5.05. The smallest absolute Gasteiger partial charge is 0.376 e. The molecule has 2 aromatic rings. The molecule has 0 radical (unpaired) electrons. The first kappa shape index (κ1) is 21.4. The van der Waals surface area contributed by atoms with Gasteiger partial charge in [0.05, 0.1) is 18.2 Å². The number of benzene rings is 1. The predicted octanol–water partition coefficient (Wildman–Crippen LogP) is 4.11. The Morgan fingerprint density at radius 3 is 2.76 bits per heavy atom. The number of amides is 1. The van der Waals surface area contributed by atoms with Crippen molar-refractivity contribution in [3.8, 4) is 0 Å². The van der Waals surface area contributed by atoms with Gasteiger partial charge in [-0.25, -0.2) is 4.98 Å². The van der Waals surface area contributed by atoms with E-state index in [4.69, 9.17) is 4.74 Å². The summed E-state index contributed by atoms with van der Waals surface area (Å²) in [7, 11) is 0. The summed E-state index contributed by atoms with van der Waals surface area (Å²) in [5.74, 6) is 0.338. The van der Waals surface area contributed by atoms with Gasteiger partial charge in [0.15, 0.2) is 0 Å². The minimum Gasteiger partial charge on any atom is -0.376 e. The molecule has 1 saturated heterocycles. The molecule has 1 fully saturated rings. The summed E-state index contributed by atoms with van der Waals surface area (Å²) in [5.41, 5.74) is -0.491. The van der Waals surface area contributed by atoms with Crippen LogP contribution in [0.5, 0.6) is 0 Å². The highest BCUT2D eigenvalue weighted by atomic mass is 19.4. The van der Waals surface area contributed by atoms with E-state index in [0.717, 1.165) is 18.9 Å². The SMILES string of the molecule is CC(C)C(=O)N(Cc1nccn1Cc1ccccc1C(F)(F)F)C[C@H]1CCCO1. The van der Waals surface area contributed by atoms with E-state index >= 15 is 0 Å². The zero-order valence-electron chi connectivity index (χ0n) is 16.7. The third-order valence-corrected chi connectivity index (χ3v) is 5.05. The fourth-order valence-electron chi connectivity index (χ4n) is 3.56. The molecular formula is C21H26F3N3O2. The predicted molar refractivity (Wildman–Crippen MR) is 102 cm³/mol. The van der Waals surface area contributed by atoms with E-state index < -0.39 is 11.7 Å². The number of hydrogen-bond acceptors (Lipinski definition) is 3. The number of rotatable bonds is 7. The summed E-state index contributed by atoms with van der Waals surface area (Å²) in [6, 6.07) is 5.52. The van der Waals surface area contributed by atoms with Crippen molar-refractivity contribution in [3.63, 3.8) is 0 Å². The molecule has 0 unspecified atom stereocenters. The van der Waals surface area contributed by atoms with Gasteiger partial charge < -0.3 is 14.2 Å². The second kappa shape index (κ2) is 8.98. The van der Waals surface area contributed by atoms with E-state index in [1.54, 1.807) is 27.9 Å². The zero-order valence-corrected chi connectivity index (χ0v) is 16.7. The van der Waals surface area contributed by atoms with Gasteiger partial charge in [0.25, 0.3) is 0 Å². The number of carbonyl (C=O) groups is 1. The van der Waals surface area contributed by atoms with E-state index in [1.165, 1.54) is 12.1 Å². The van der Waals surface area contributed by atoms with E-state index in [2.05, 4.69) is 4.98 Å². The van der Waals surface area contributed by atoms with Gasteiger partial charge in [0.1, 0.15) is 5.82 Å². The van der Waals surface area contributed by atoms with Crippen LogP contribution >= 0.6 is 0 Å². The van der Waals surface area contributed by atoms with Crippen molar-refractivity contribution in [1.29, 1.82) is 0 Å². The fraction of sp³-hybridized carbons (Fsp3) is 0.524. The zero-order chi connectivity index (χ0) is 21.0. The van der Waals surface area contributed by atoms with Crippen molar-refractivity contribution >= 4 is 5.91 Å². The monoisotopic (exact) mass is 409 g/mol. The molecule has 5 nitrogen and oxygen atoms in total. The Hall–Kier alpha value is -2.35. The van der Waals surface area contributed by atoms with E-state index in [1.807, 2.05) is 13.8 Å². The Morgan fingerprint density at radius 1 is 1.34 bits per heavy atom. The molecule has 1 aromatic heterocycles. The van der Waals surface area contributed by atoms with Crippen LogP contribution in [0.3, 0.4) is 0 Å². The van der Waals surface area contributed by atoms with Crippen LogP contribution in [0.4, 0.5) is 13.2 Å². The van der Waals surface area contributed by atoms with Crippen LogP contribution in [0.2, 0.25) is 0 Å². The summed E-state index contributed by atoms with van der Waals surface area (Å²) < 4.78 is 47.3. The fourth-order valence-corrected chi connectivity index (χ4v) is 3.56. The molecule has 8 heteroatoms. The average Bonchev–Trinajstić information content (AvgIpc) is 3.32. The van der Waals surface area contributed by atoms with Crippen molar-refractivity contribution < 1.29 is 22.7 Å². The maximum Gasteiger partial charge on any atom is 0.416 e. The standard InChI is InChI=1S/C21H26F3N3O2/c1-15(2)20(28)27(13-17-7-5-11-29-17)14-19-25-9-10-26(19)12-16-6-3-4-8-18(16)21(22,23)24/h3-4,6,8-10,15,17H,5,7,11-14H2,1-2H3/t17-/m1/s1. The van der Waals surface area contributed by atoms with Crippen LogP contribution in [-0.4, -0.2) is 39.6 Å². The molecule has 1 atom stereocenters. The second-order valence-corrected chi connectivity index (χ2v) is 7.63. The van der Waals surface area contributed by atoms with Crippen LogP contribution in [-0.2, 0) is 28.8 Å². The molecule has 0 saturated carbocycles. The molecule has 1 amide bonds. The van der Waals surface area contributed by atoms with Crippen molar-refractivity contribution in [1.82, 2.24) is 14.5 Å². The summed E-state index contributed by atoms with van der Waals surface area (Å²) >= 11 is 0. The van der Waals surface area contributed by atoms with Gasteiger partial charge in [0.2, 0.25) is 5.91 Å². The summed E-state index contributed by atoms with van der Waals surface area (Å²) in [6.07, 6.45) is 0.637. The molecule has 158 valence electrons. The normalized spacial score (nSPS) is 17.1. The quantitative estimate of drug-likeness (QED) is 0.691. The Morgan fingerprint density at radius 2 is 2.10 bits per heavy atom. The van der Waals surface area contributed by atoms with Crippen LogP contribution in [0.15, 0.2) is 36.7 Å². The number of carbonyl (C=O) groups excluding carboxylic acids is 1. The molecule has 1 aliphatic heterocycles. The molecule has 29 heavy (non-hydrogen) atoms. The number of halogens is 3. The molecule has 0 aliphatic carbocycles. The third kappa shape index (κ3) is 5.38. The largest absolute Gasteiger partial charge is 0.416 e. The molecule has 0 N–H and O–H groups in total. The maximum absolute atomic E-state index is 13.3. The van der Waals surface area contributed by atoms with Crippen molar-refractivity contribution in [2.45, 2.75) is 52.1 Å². The molecule has 0 spiro atoms. The van der Waals surface area contributed by atoms with Gasteiger partial charge in [-0.05, 0) is 24.5 Å². The highest BCUT2D eigenvalue weighted by molar-refractivity contribution is 5.78. The van der Waals surface area contributed by atoms with Crippen molar-refractivity contribution in [3.05, 3.63) is 53.6 Å².